The summed E-state index contributed by atoms with van der Waals surface area (Å²) < 4.78 is 5.53. The van der Waals surface area contributed by atoms with Crippen molar-refractivity contribution in [1.29, 1.82) is 0 Å². The first-order chi connectivity index (χ1) is 11.3. The van der Waals surface area contributed by atoms with Crippen LogP contribution in [0.25, 0.3) is 0 Å². The smallest absolute Gasteiger partial charge is 0.274 e. The molecule has 1 aromatic carbocycles. The number of aromatic nitrogens is 2. The van der Waals surface area contributed by atoms with Gasteiger partial charge >= 0.3 is 0 Å². The number of ether oxygens (including phenoxy) is 1. The maximum absolute atomic E-state index is 12.6. The molecule has 6 heteroatoms. The summed E-state index contributed by atoms with van der Waals surface area (Å²) in [5.74, 6) is 1.49. The van der Waals surface area contributed by atoms with Gasteiger partial charge in [0.2, 0.25) is 0 Å². The van der Waals surface area contributed by atoms with Gasteiger partial charge in [-0.05, 0) is 46.8 Å². The number of carbonyl (C=O) groups excluding carboxylic acids is 1. The van der Waals surface area contributed by atoms with E-state index in [4.69, 9.17) is 4.74 Å². The van der Waals surface area contributed by atoms with Crippen molar-refractivity contribution in [1.82, 2.24) is 9.97 Å². The average Bonchev–Trinajstić information content (AvgIpc) is 2.47. The van der Waals surface area contributed by atoms with Crippen molar-refractivity contribution in [2.75, 3.05) is 17.2 Å². The number of carbonyl (C=O) groups is 1. The lowest BCUT2D eigenvalue weighted by Crippen LogP contribution is -2.27. The van der Waals surface area contributed by atoms with Crippen LogP contribution in [-0.4, -0.2) is 28.0 Å². The van der Waals surface area contributed by atoms with Gasteiger partial charge in [-0.15, -0.1) is 0 Å². The van der Waals surface area contributed by atoms with E-state index in [0.29, 0.717) is 35.4 Å². The monoisotopic (exact) mass is 328 g/mol. The molecule has 6 nitrogen and oxygen atoms in total. The lowest BCUT2D eigenvalue weighted by Gasteiger charge is -2.21. The van der Waals surface area contributed by atoms with Crippen LogP contribution >= 0.6 is 0 Å². The number of amides is 1. The van der Waals surface area contributed by atoms with E-state index in [2.05, 4.69) is 20.6 Å². The van der Waals surface area contributed by atoms with Crippen molar-refractivity contribution in [3.8, 4) is 5.75 Å². The summed E-state index contributed by atoms with van der Waals surface area (Å²) in [6.07, 6.45) is 0. The van der Waals surface area contributed by atoms with E-state index < -0.39 is 0 Å². The summed E-state index contributed by atoms with van der Waals surface area (Å²) in [6, 6.07) is 8.97. The minimum atomic E-state index is -0.301. The van der Waals surface area contributed by atoms with Crippen LogP contribution < -0.4 is 15.4 Å². The van der Waals surface area contributed by atoms with Crippen LogP contribution in [0.2, 0.25) is 0 Å². The van der Waals surface area contributed by atoms with Crippen molar-refractivity contribution in [3.05, 3.63) is 41.9 Å². The molecule has 2 rings (SSSR count). The van der Waals surface area contributed by atoms with Gasteiger partial charge < -0.3 is 15.4 Å². The van der Waals surface area contributed by atoms with Crippen molar-refractivity contribution in [3.63, 3.8) is 0 Å². The number of aryl methyl sites for hydroxylation is 1. The average molecular weight is 328 g/mol. The van der Waals surface area contributed by atoms with E-state index in [1.807, 2.05) is 45.9 Å². The Morgan fingerprint density at radius 2 is 1.92 bits per heavy atom. The minimum Gasteiger partial charge on any atom is -0.492 e. The third-order valence-corrected chi connectivity index (χ3v) is 3.01. The summed E-state index contributed by atoms with van der Waals surface area (Å²) in [5.41, 5.74) is 0.766. The second-order valence-electron chi connectivity index (χ2n) is 6.44. The van der Waals surface area contributed by atoms with E-state index in [1.165, 1.54) is 0 Å². The quantitative estimate of drug-likeness (QED) is 0.876. The van der Waals surface area contributed by atoms with Gasteiger partial charge in [-0.2, -0.15) is 0 Å². The third kappa shape index (κ3) is 4.94. The fraction of sp³-hybridized carbons (Fsp3) is 0.389. The van der Waals surface area contributed by atoms with E-state index >= 15 is 0 Å². The van der Waals surface area contributed by atoms with Gasteiger partial charge in [0.25, 0.3) is 5.91 Å². The Labute approximate surface area is 142 Å². The van der Waals surface area contributed by atoms with Crippen molar-refractivity contribution in [2.45, 2.75) is 40.2 Å². The Kier molecular flexibility index (Phi) is 5.39. The number of nitrogens with zero attached hydrogens (tertiary/aromatic N) is 2. The second-order valence-corrected chi connectivity index (χ2v) is 6.44. The molecule has 1 amide bonds. The number of rotatable bonds is 5. The number of benzene rings is 1. The van der Waals surface area contributed by atoms with Crippen LogP contribution in [0.1, 0.15) is 44.0 Å². The summed E-state index contributed by atoms with van der Waals surface area (Å²) in [6.45, 7) is 10.3. The molecule has 0 fully saturated rings. The van der Waals surface area contributed by atoms with Crippen LogP contribution in [0, 0.1) is 6.92 Å². The number of hydrogen-bond donors (Lipinski definition) is 2. The second kappa shape index (κ2) is 7.29. The van der Waals surface area contributed by atoms with Crippen molar-refractivity contribution < 1.29 is 9.53 Å². The highest BCUT2D eigenvalue weighted by atomic mass is 16.5. The highest BCUT2D eigenvalue weighted by molar-refractivity contribution is 6.04. The first kappa shape index (κ1) is 17.7. The predicted octanol–water partition coefficient (Wildman–Crippen LogP) is 3.65. The normalized spacial score (nSPS) is 11.0. The summed E-state index contributed by atoms with van der Waals surface area (Å²) in [5, 5.41) is 6.10. The van der Waals surface area contributed by atoms with Gasteiger partial charge in [-0.3, -0.25) is 4.79 Å². The van der Waals surface area contributed by atoms with Gasteiger partial charge in [-0.1, -0.05) is 12.1 Å². The number of anilines is 2. The standard InChI is InChI=1S/C18H24N4O2/c1-6-24-15-10-8-7-9-13(15)21-17(23)14-11-16(20-12(2)19-14)22-18(3,4)5/h7-11H,6H2,1-5H3,(H,21,23)(H,19,20,22). The Hall–Kier alpha value is -2.63. The molecule has 0 saturated heterocycles. The zero-order valence-corrected chi connectivity index (χ0v) is 14.8. The Morgan fingerprint density at radius 3 is 2.58 bits per heavy atom. The predicted molar refractivity (Wildman–Crippen MR) is 95.7 cm³/mol. The highest BCUT2D eigenvalue weighted by Gasteiger charge is 2.16. The molecule has 24 heavy (non-hydrogen) atoms. The minimum absolute atomic E-state index is 0.157. The molecule has 0 saturated carbocycles. The summed E-state index contributed by atoms with van der Waals surface area (Å²) >= 11 is 0. The van der Waals surface area contributed by atoms with E-state index in [1.54, 1.807) is 19.1 Å². The fourth-order valence-electron chi connectivity index (χ4n) is 2.17. The molecular formula is C18H24N4O2. The van der Waals surface area contributed by atoms with Crippen LogP contribution in [0.4, 0.5) is 11.5 Å². The van der Waals surface area contributed by atoms with Crippen molar-refractivity contribution >= 4 is 17.4 Å². The lowest BCUT2D eigenvalue weighted by molar-refractivity contribution is 0.102. The van der Waals surface area contributed by atoms with Gasteiger partial charge in [0.15, 0.2) is 0 Å². The molecule has 0 aliphatic heterocycles. The first-order valence-corrected chi connectivity index (χ1v) is 7.95. The summed E-state index contributed by atoms with van der Waals surface area (Å²) in [7, 11) is 0. The fourth-order valence-corrected chi connectivity index (χ4v) is 2.17. The van der Waals surface area contributed by atoms with E-state index in [-0.39, 0.29) is 11.4 Å². The first-order valence-electron chi connectivity index (χ1n) is 7.95. The van der Waals surface area contributed by atoms with Gasteiger partial charge in [0.1, 0.15) is 23.1 Å². The maximum atomic E-state index is 12.6. The molecule has 0 aliphatic rings. The Bertz CT molecular complexity index is 723. The zero-order chi connectivity index (χ0) is 17.7. The number of hydrogen-bond acceptors (Lipinski definition) is 5. The Balaban J connectivity index is 2.24. The highest BCUT2D eigenvalue weighted by Crippen LogP contribution is 2.24. The molecular weight excluding hydrogens is 304 g/mol. The molecule has 0 spiro atoms. The van der Waals surface area contributed by atoms with Crippen molar-refractivity contribution in [2.24, 2.45) is 0 Å². The van der Waals surface area contributed by atoms with Gasteiger partial charge in [0.05, 0.1) is 12.3 Å². The van der Waals surface area contributed by atoms with Gasteiger partial charge in [-0.25, -0.2) is 9.97 Å². The van der Waals surface area contributed by atoms with E-state index in [9.17, 15) is 4.79 Å². The van der Waals surface area contributed by atoms with Crippen LogP contribution in [0.15, 0.2) is 30.3 Å². The molecule has 1 aromatic heterocycles. The van der Waals surface area contributed by atoms with Crippen LogP contribution in [0.3, 0.4) is 0 Å². The molecule has 0 unspecified atom stereocenters. The largest absolute Gasteiger partial charge is 0.492 e. The molecule has 128 valence electrons. The molecule has 1 heterocycles. The third-order valence-electron chi connectivity index (χ3n) is 3.01. The molecule has 2 aromatic rings. The maximum Gasteiger partial charge on any atom is 0.274 e. The molecule has 0 atom stereocenters. The van der Waals surface area contributed by atoms with E-state index in [0.717, 1.165) is 0 Å². The van der Waals surface area contributed by atoms with Crippen LogP contribution in [-0.2, 0) is 0 Å². The zero-order valence-electron chi connectivity index (χ0n) is 14.8. The Morgan fingerprint density at radius 1 is 1.21 bits per heavy atom. The SMILES string of the molecule is CCOc1ccccc1NC(=O)c1cc(NC(C)(C)C)nc(C)n1. The summed E-state index contributed by atoms with van der Waals surface area (Å²) in [4.78, 5) is 21.1. The lowest BCUT2D eigenvalue weighted by atomic mass is 10.1. The molecule has 0 bridgehead atoms. The molecule has 0 aliphatic carbocycles. The van der Waals surface area contributed by atoms with Gasteiger partial charge in [0, 0.05) is 11.6 Å². The topological polar surface area (TPSA) is 76.1 Å². The van der Waals surface area contributed by atoms with Crippen LogP contribution in [0.5, 0.6) is 5.75 Å². The number of para-hydroxylation sites is 2. The molecule has 0 radical (unpaired) electrons. The molecule has 2 N–H and O–H groups in total. The number of nitrogens with one attached hydrogen (secondary N) is 2.